The molecule has 2 aliphatic heterocycles. The first-order chi connectivity index (χ1) is 20.3. The lowest BCUT2D eigenvalue weighted by molar-refractivity contribution is -0.129. The number of ether oxygens (including phenoxy) is 2. The number of nitrogens with one attached hydrogen (secondary N) is 2. The Morgan fingerprint density at radius 1 is 0.690 bits per heavy atom. The summed E-state index contributed by atoms with van der Waals surface area (Å²) in [6, 6.07) is 13.8. The van der Waals surface area contributed by atoms with Gasteiger partial charge in [-0.1, -0.05) is 0 Å². The second kappa shape index (κ2) is 12.8. The minimum absolute atomic E-state index is 0.111. The van der Waals surface area contributed by atoms with Gasteiger partial charge in [0.25, 0.3) is 0 Å². The number of hydrogen-bond donors (Lipinski definition) is 2. The normalized spacial score (nSPS) is 15.3. The molecule has 2 aliphatic rings. The van der Waals surface area contributed by atoms with E-state index in [1.165, 1.54) is 0 Å². The molecule has 2 amide bonds. The summed E-state index contributed by atoms with van der Waals surface area (Å²) in [5, 5.41) is 6.61. The number of amides is 2. The average molecular weight is 575 g/mol. The molecule has 0 aliphatic carbocycles. The van der Waals surface area contributed by atoms with Crippen LogP contribution in [0.4, 0.5) is 34.5 Å². The molecule has 12 heteroatoms. The van der Waals surface area contributed by atoms with E-state index in [1.807, 2.05) is 46.2 Å². The average Bonchev–Trinajstić information content (AvgIpc) is 3.01. The summed E-state index contributed by atoms with van der Waals surface area (Å²) in [6.07, 6.45) is 1.68. The number of piperazine rings is 2. The summed E-state index contributed by atoms with van der Waals surface area (Å²) >= 11 is 0. The van der Waals surface area contributed by atoms with Crippen molar-refractivity contribution in [3.05, 3.63) is 48.7 Å². The van der Waals surface area contributed by atoms with Crippen molar-refractivity contribution in [3.8, 4) is 11.5 Å². The molecule has 42 heavy (non-hydrogen) atoms. The van der Waals surface area contributed by atoms with Gasteiger partial charge >= 0.3 is 0 Å². The molecule has 1 aromatic heterocycles. The monoisotopic (exact) mass is 574 g/mol. The largest absolute Gasteiger partial charge is 0.494 e. The van der Waals surface area contributed by atoms with Gasteiger partial charge in [0.2, 0.25) is 17.8 Å². The smallest absolute Gasteiger partial charge is 0.229 e. The number of benzene rings is 2. The fourth-order valence-corrected chi connectivity index (χ4v) is 5.27. The summed E-state index contributed by atoms with van der Waals surface area (Å²) in [7, 11) is 3.28. The zero-order chi connectivity index (χ0) is 29.6. The Kier molecular flexibility index (Phi) is 8.80. The summed E-state index contributed by atoms with van der Waals surface area (Å²) in [6.45, 7) is 9.14. The van der Waals surface area contributed by atoms with Crippen molar-refractivity contribution in [1.82, 2.24) is 19.8 Å². The van der Waals surface area contributed by atoms with Crippen molar-refractivity contribution >= 4 is 46.3 Å². The molecular weight excluding hydrogens is 536 g/mol. The first kappa shape index (κ1) is 28.8. The third-order valence-electron chi connectivity index (χ3n) is 7.72. The lowest BCUT2D eigenvalue weighted by Gasteiger charge is -2.35. The highest BCUT2D eigenvalue weighted by Crippen LogP contribution is 2.34. The minimum Gasteiger partial charge on any atom is -0.494 e. The molecule has 2 N–H and O–H groups in total. The molecule has 222 valence electrons. The topological polar surface area (TPSA) is 115 Å². The zero-order valence-electron chi connectivity index (χ0n) is 24.6. The molecule has 0 unspecified atom stereocenters. The lowest BCUT2D eigenvalue weighted by atomic mass is 10.2. The number of hydrogen-bond acceptors (Lipinski definition) is 10. The second-order valence-corrected chi connectivity index (χ2v) is 10.3. The van der Waals surface area contributed by atoms with Crippen LogP contribution in [0.25, 0.3) is 0 Å². The Bertz CT molecular complexity index is 1320. The second-order valence-electron chi connectivity index (χ2n) is 10.3. The number of methoxy groups -OCH3 is 2. The molecule has 0 atom stereocenters. The van der Waals surface area contributed by atoms with E-state index in [-0.39, 0.29) is 11.8 Å². The number of aromatic nitrogens is 2. The summed E-state index contributed by atoms with van der Waals surface area (Å²) < 4.78 is 11.4. The number of rotatable bonds is 8. The van der Waals surface area contributed by atoms with Crippen LogP contribution in [0.5, 0.6) is 11.5 Å². The van der Waals surface area contributed by atoms with E-state index in [4.69, 9.17) is 9.47 Å². The predicted octanol–water partition coefficient (Wildman–Crippen LogP) is 3.32. The van der Waals surface area contributed by atoms with Crippen LogP contribution in [0.3, 0.4) is 0 Å². The van der Waals surface area contributed by atoms with E-state index in [9.17, 15) is 9.59 Å². The Morgan fingerprint density at radius 2 is 1.17 bits per heavy atom. The van der Waals surface area contributed by atoms with Gasteiger partial charge in [0, 0.05) is 95.9 Å². The van der Waals surface area contributed by atoms with Crippen molar-refractivity contribution in [1.29, 1.82) is 0 Å². The van der Waals surface area contributed by atoms with Crippen LogP contribution in [-0.4, -0.2) is 98.2 Å². The van der Waals surface area contributed by atoms with Gasteiger partial charge in [-0.05, 0) is 30.3 Å². The SMILES string of the molecule is COc1cc(N2CCN(C(C)=O)CC2)ccc1Nc1ccnc(Nc2ccc(N3CCN(C(C)=O)CC3)cc2OC)n1. The van der Waals surface area contributed by atoms with Crippen molar-refractivity contribution in [2.45, 2.75) is 13.8 Å². The molecule has 2 aromatic carbocycles. The highest BCUT2D eigenvalue weighted by molar-refractivity contribution is 5.75. The molecule has 0 spiro atoms. The first-order valence-corrected chi connectivity index (χ1v) is 14.1. The molecule has 0 bridgehead atoms. The van der Waals surface area contributed by atoms with Crippen LogP contribution < -0.4 is 29.9 Å². The Morgan fingerprint density at radius 3 is 1.62 bits per heavy atom. The van der Waals surface area contributed by atoms with E-state index in [0.717, 1.165) is 48.9 Å². The molecular formula is C30H38N8O4. The van der Waals surface area contributed by atoms with Gasteiger partial charge in [0.05, 0.1) is 25.6 Å². The van der Waals surface area contributed by atoms with Crippen LogP contribution in [0.2, 0.25) is 0 Å². The van der Waals surface area contributed by atoms with Crippen LogP contribution in [0, 0.1) is 0 Å². The molecule has 2 fully saturated rings. The maximum atomic E-state index is 11.7. The van der Waals surface area contributed by atoms with Crippen LogP contribution in [-0.2, 0) is 9.59 Å². The van der Waals surface area contributed by atoms with E-state index < -0.39 is 0 Å². The standard InChI is InChI=1S/C30H38N8O4/c1-21(39)35-11-15-37(16-12-35)23-5-7-25(27(19-23)41-3)32-29-9-10-31-30(34-29)33-26-8-6-24(20-28(26)42-4)38-17-13-36(14-18-38)22(2)40/h5-10,19-20H,11-18H2,1-4H3,(H2,31,32,33,34). The fraction of sp³-hybridized carbons (Fsp3) is 0.400. The number of anilines is 6. The van der Waals surface area contributed by atoms with E-state index >= 15 is 0 Å². The van der Waals surface area contributed by atoms with Gasteiger partial charge in [-0.3, -0.25) is 9.59 Å². The van der Waals surface area contributed by atoms with Gasteiger partial charge in [-0.2, -0.15) is 4.98 Å². The van der Waals surface area contributed by atoms with E-state index in [2.05, 4.69) is 30.4 Å². The van der Waals surface area contributed by atoms with Crippen LogP contribution >= 0.6 is 0 Å². The van der Waals surface area contributed by atoms with Crippen molar-refractivity contribution in [2.75, 3.05) is 87.0 Å². The molecule has 0 radical (unpaired) electrons. The van der Waals surface area contributed by atoms with E-state index in [1.54, 1.807) is 40.3 Å². The third-order valence-corrected chi connectivity index (χ3v) is 7.72. The summed E-state index contributed by atoms with van der Waals surface area (Å²) in [5.41, 5.74) is 3.60. The highest BCUT2D eigenvalue weighted by atomic mass is 16.5. The Hall–Kier alpha value is -4.74. The summed E-state index contributed by atoms with van der Waals surface area (Å²) in [5.74, 6) is 2.61. The van der Waals surface area contributed by atoms with Crippen LogP contribution in [0.1, 0.15) is 13.8 Å². The predicted molar refractivity (Wildman–Crippen MR) is 164 cm³/mol. The molecule has 3 aromatic rings. The maximum absolute atomic E-state index is 11.7. The lowest BCUT2D eigenvalue weighted by Crippen LogP contribution is -2.48. The van der Waals surface area contributed by atoms with Gasteiger partial charge in [-0.25, -0.2) is 4.98 Å². The quantitative estimate of drug-likeness (QED) is 0.415. The van der Waals surface area contributed by atoms with E-state index in [0.29, 0.717) is 49.4 Å². The van der Waals surface area contributed by atoms with Gasteiger partial charge in [0.15, 0.2) is 0 Å². The fourth-order valence-electron chi connectivity index (χ4n) is 5.27. The van der Waals surface area contributed by atoms with Gasteiger partial charge in [-0.15, -0.1) is 0 Å². The number of carbonyl (C=O) groups excluding carboxylic acids is 2. The molecule has 2 saturated heterocycles. The molecule has 5 rings (SSSR count). The zero-order valence-corrected chi connectivity index (χ0v) is 24.6. The van der Waals surface area contributed by atoms with Crippen molar-refractivity contribution in [3.63, 3.8) is 0 Å². The van der Waals surface area contributed by atoms with Crippen molar-refractivity contribution in [2.24, 2.45) is 0 Å². The van der Waals surface area contributed by atoms with Crippen molar-refractivity contribution < 1.29 is 19.1 Å². The number of nitrogens with zero attached hydrogens (tertiary/aromatic N) is 6. The van der Waals surface area contributed by atoms with Gasteiger partial charge in [0.1, 0.15) is 17.3 Å². The van der Waals surface area contributed by atoms with Crippen LogP contribution in [0.15, 0.2) is 48.7 Å². The Labute approximate surface area is 246 Å². The molecule has 12 nitrogen and oxygen atoms in total. The molecule has 3 heterocycles. The highest BCUT2D eigenvalue weighted by Gasteiger charge is 2.21. The Balaban J connectivity index is 1.25. The minimum atomic E-state index is 0.111. The number of carbonyl (C=O) groups is 2. The first-order valence-electron chi connectivity index (χ1n) is 14.1. The van der Waals surface area contributed by atoms with Gasteiger partial charge < -0.3 is 39.7 Å². The summed E-state index contributed by atoms with van der Waals surface area (Å²) in [4.78, 5) is 40.6. The molecule has 0 saturated carbocycles. The third kappa shape index (κ3) is 6.59. The maximum Gasteiger partial charge on any atom is 0.229 e.